The molecule has 8 heteroatoms. The second kappa shape index (κ2) is 7.11. The first-order valence-corrected chi connectivity index (χ1v) is 9.84. The highest BCUT2D eigenvalue weighted by molar-refractivity contribution is 7.99. The first-order chi connectivity index (χ1) is 9.49. The van der Waals surface area contributed by atoms with Gasteiger partial charge in [0.1, 0.15) is 0 Å². The predicted octanol–water partition coefficient (Wildman–Crippen LogP) is -0.391. The number of carbonyl (C=O) groups is 1. The smallest absolute Gasteiger partial charge is 0.223 e. The lowest BCUT2D eigenvalue weighted by molar-refractivity contribution is -0.124. The number of amides is 1. The van der Waals surface area contributed by atoms with Gasteiger partial charge in [-0.3, -0.25) is 4.79 Å². The Morgan fingerprint density at radius 1 is 1.30 bits per heavy atom. The molecule has 2 aliphatic rings. The Labute approximate surface area is 124 Å². The highest BCUT2D eigenvalue weighted by atomic mass is 32.2. The van der Waals surface area contributed by atoms with Gasteiger partial charge >= 0.3 is 0 Å². The molecule has 0 aromatic rings. The van der Waals surface area contributed by atoms with Gasteiger partial charge in [-0.05, 0) is 19.3 Å². The molecule has 1 aliphatic heterocycles. The van der Waals surface area contributed by atoms with Crippen molar-refractivity contribution in [2.45, 2.75) is 25.3 Å². The number of carbonyl (C=O) groups excluding carboxylic acids is 1. The van der Waals surface area contributed by atoms with E-state index in [1.807, 2.05) is 0 Å². The number of nitrogens with two attached hydrogens (primary N) is 1. The van der Waals surface area contributed by atoms with Gasteiger partial charge in [-0.15, -0.1) is 0 Å². The van der Waals surface area contributed by atoms with Gasteiger partial charge in [0.15, 0.2) is 0 Å². The molecule has 1 saturated heterocycles. The molecule has 0 aromatic heterocycles. The molecule has 0 aromatic carbocycles. The van der Waals surface area contributed by atoms with E-state index >= 15 is 0 Å². The summed E-state index contributed by atoms with van der Waals surface area (Å²) in [5.41, 5.74) is 5.77. The van der Waals surface area contributed by atoms with Crippen molar-refractivity contribution in [3.05, 3.63) is 0 Å². The van der Waals surface area contributed by atoms with Crippen LogP contribution in [0.5, 0.6) is 0 Å². The van der Waals surface area contributed by atoms with Crippen LogP contribution in [0.1, 0.15) is 19.3 Å². The number of nitrogens with zero attached hydrogens (tertiary/aromatic N) is 1. The zero-order valence-electron chi connectivity index (χ0n) is 11.6. The van der Waals surface area contributed by atoms with Gasteiger partial charge in [0, 0.05) is 43.1 Å². The molecule has 1 amide bonds. The van der Waals surface area contributed by atoms with Crippen molar-refractivity contribution >= 4 is 27.7 Å². The maximum atomic E-state index is 12.1. The maximum absolute atomic E-state index is 12.1. The second-order valence-electron chi connectivity index (χ2n) is 5.39. The molecule has 0 spiro atoms. The van der Waals surface area contributed by atoms with E-state index in [9.17, 15) is 13.2 Å². The molecule has 2 atom stereocenters. The van der Waals surface area contributed by atoms with E-state index in [1.54, 1.807) is 11.8 Å². The number of nitrogens with one attached hydrogen (secondary N) is 1. The average Bonchev–Trinajstić information content (AvgIpc) is 2.86. The summed E-state index contributed by atoms with van der Waals surface area (Å²) < 4.78 is 25.7. The summed E-state index contributed by atoms with van der Waals surface area (Å²) in [5, 5.41) is 2.73. The quantitative estimate of drug-likeness (QED) is 0.719. The van der Waals surface area contributed by atoms with Crippen molar-refractivity contribution in [3.63, 3.8) is 0 Å². The van der Waals surface area contributed by atoms with E-state index < -0.39 is 10.0 Å². The van der Waals surface area contributed by atoms with Gasteiger partial charge in [-0.1, -0.05) is 0 Å². The SMILES string of the molecule is NC1CCC(C(=O)NCCS(=O)(=O)N2CCSCC2)C1. The minimum Gasteiger partial charge on any atom is -0.355 e. The molecule has 3 N–H and O–H groups in total. The van der Waals surface area contributed by atoms with Crippen LogP contribution in [-0.2, 0) is 14.8 Å². The molecular weight excluding hydrogens is 298 g/mol. The first kappa shape index (κ1) is 16.1. The first-order valence-electron chi connectivity index (χ1n) is 7.08. The number of hydrogen-bond acceptors (Lipinski definition) is 5. The summed E-state index contributed by atoms with van der Waals surface area (Å²) in [7, 11) is -3.23. The van der Waals surface area contributed by atoms with Crippen LogP contribution in [0.25, 0.3) is 0 Å². The molecule has 20 heavy (non-hydrogen) atoms. The molecule has 2 rings (SSSR count). The summed E-state index contributed by atoms with van der Waals surface area (Å²) in [6, 6.07) is 0.111. The molecule has 2 fully saturated rings. The van der Waals surface area contributed by atoms with E-state index in [2.05, 4.69) is 5.32 Å². The highest BCUT2D eigenvalue weighted by Gasteiger charge is 2.28. The van der Waals surface area contributed by atoms with Crippen molar-refractivity contribution in [2.24, 2.45) is 11.7 Å². The molecule has 0 bridgehead atoms. The maximum Gasteiger partial charge on any atom is 0.223 e. The molecule has 0 radical (unpaired) electrons. The van der Waals surface area contributed by atoms with Gasteiger partial charge in [0.05, 0.1) is 5.75 Å². The van der Waals surface area contributed by atoms with Crippen molar-refractivity contribution in [3.8, 4) is 0 Å². The Morgan fingerprint density at radius 3 is 2.60 bits per heavy atom. The van der Waals surface area contributed by atoms with Gasteiger partial charge in [-0.25, -0.2) is 12.7 Å². The fourth-order valence-electron chi connectivity index (χ4n) is 2.66. The monoisotopic (exact) mass is 321 g/mol. The second-order valence-corrected chi connectivity index (χ2v) is 8.70. The van der Waals surface area contributed by atoms with E-state index in [0.717, 1.165) is 24.3 Å². The minimum atomic E-state index is -3.23. The summed E-state index contributed by atoms with van der Waals surface area (Å²) in [6.07, 6.45) is 2.40. The fourth-order valence-corrected chi connectivity index (χ4v) is 5.15. The Balaban J connectivity index is 1.73. The van der Waals surface area contributed by atoms with Crippen LogP contribution >= 0.6 is 11.8 Å². The summed E-state index contributed by atoms with van der Waals surface area (Å²) in [5.74, 6) is 1.60. The van der Waals surface area contributed by atoms with Gasteiger partial charge in [-0.2, -0.15) is 11.8 Å². The summed E-state index contributed by atoms with van der Waals surface area (Å²) >= 11 is 1.77. The minimum absolute atomic E-state index is 0.0117. The lowest BCUT2D eigenvalue weighted by Crippen LogP contribution is -2.42. The van der Waals surface area contributed by atoms with Crippen LogP contribution in [-0.4, -0.2) is 61.6 Å². The van der Waals surface area contributed by atoms with E-state index in [0.29, 0.717) is 19.5 Å². The largest absolute Gasteiger partial charge is 0.355 e. The molecule has 1 saturated carbocycles. The topological polar surface area (TPSA) is 92.5 Å². The van der Waals surface area contributed by atoms with Crippen molar-refractivity contribution in [1.82, 2.24) is 9.62 Å². The summed E-state index contributed by atoms with van der Waals surface area (Å²) in [4.78, 5) is 11.9. The van der Waals surface area contributed by atoms with Crippen LogP contribution in [0.2, 0.25) is 0 Å². The molecule has 6 nitrogen and oxygen atoms in total. The Bertz CT molecular complexity index is 435. The van der Waals surface area contributed by atoms with Gasteiger partial charge in [0.2, 0.25) is 15.9 Å². The number of thioether (sulfide) groups is 1. The Kier molecular flexibility index (Phi) is 5.71. The number of hydrogen-bond donors (Lipinski definition) is 2. The lowest BCUT2D eigenvalue weighted by atomic mass is 10.1. The lowest BCUT2D eigenvalue weighted by Gasteiger charge is -2.25. The van der Waals surface area contributed by atoms with Gasteiger partial charge in [0.25, 0.3) is 0 Å². The standard InChI is InChI=1S/C12H23N3O3S2/c13-11-2-1-10(9-11)12(16)14-3-8-20(17,18)15-4-6-19-7-5-15/h10-11H,1-9,13H2,(H,14,16). The van der Waals surface area contributed by atoms with E-state index in [4.69, 9.17) is 5.73 Å². The van der Waals surface area contributed by atoms with Crippen LogP contribution in [0.15, 0.2) is 0 Å². The van der Waals surface area contributed by atoms with Gasteiger partial charge < -0.3 is 11.1 Å². The normalized spacial score (nSPS) is 28.4. The third kappa shape index (κ3) is 4.34. The number of rotatable bonds is 5. The third-order valence-electron chi connectivity index (χ3n) is 3.87. The van der Waals surface area contributed by atoms with Crippen LogP contribution in [0.3, 0.4) is 0 Å². The zero-order chi connectivity index (χ0) is 14.6. The van der Waals surface area contributed by atoms with E-state index in [1.165, 1.54) is 4.31 Å². The van der Waals surface area contributed by atoms with Crippen molar-refractivity contribution < 1.29 is 13.2 Å². The fraction of sp³-hybridized carbons (Fsp3) is 0.917. The molecule has 116 valence electrons. The Morgan fingerprint density at radius 2 is 2.00 bits per heavy atom. The Hall–Kier alpha value is -0.310. The predicted molar refractivity (Wildman–Crippen MR) is 81.0 cm³/mol. The van der Waals surface area contributed by atoms with Crippen LogP contribution in [0, 0.1) is 5.92 Å². The number of sulfonamides is 1. The third-order valence-corrected chi connectivity index (χ3v) is 6.68. The van der Waals surface area contributed by atoms with E-state index in [-0.39, 0.29) is 30.2 Å². The molecular formula is C12H23N3O3S2. The van der Waals surface area contributed by atoms with Crippen LogP contribution in [0.4, 0.5) is 0 Å². The molecule has 1 heterocycles. The van der Waals surface area contributed by atoms with Crippen molar-refractivity contribution in [2.75, 3.05) is 36.9 Å². The molecule has 1 aliphatic carbocycles. The van der Waals surface area contributed by atoms with Crippen LogP contribution < -0.4 is 11.1 Å². The van der Waals surface area contributed by atoms with Crippen molar-refractivity contribution in [1.29, 1.82) is 0 Å². The highest BCUT2D eigenvalue weighted by Crippen LogP contribution is 2.23. The summed E-state index contributed by atoms with van der Waals surface area (Å²) in [6.45, 7) is 1.35. The average molecular weight is 321 g/mol. The zero-order valence-corrected chi connectivity index (χ0v) is 13.2. The molecule has 2 unspecified atom stereocenters.